The van der Waals surface area contributed by atoms with Crippen LogP contribution in [0.2, 0.25) is 0 Å². The second kappa shape index (κ2) is 7.28. The second-order valence-corrected chi connectivity index (χ2v) is 4.64. The molecule has 0 heterocycles. The van der Waals surface area contributed by atoms with Gasteiger partial charge in [-0.2, -0.15) is 0 Å². The van der Waals surface area contributed by atoms with Crippen LogP contribution in [0.1, 0.15) is 27.9 Å². The molecule has 3 nitrogen and oxygen atoms in total. The van der Waals surface area contributed by atoms with E-state index in [4.69, 9.17) is 5.11 Å². The van der Waals surface area contributed by atoms with E-state index in [1.807, 2.05) is 43.3 Å². The van der Waals surface area contributed by atoms with Crippen molar-refractivity contribution in [3.05, 3.63) is 65.2 Å². The Morgan fingerprint density at radius 1 is 1.19 bits per heavy atom. The number of benzene rings is 2. The zero-order valence-corrected chi connectivity index (χ0v) is 11.9. The van der Waals surface area contributed by atoms with Crippen molar-refractivity contribution in [1.29, 1.82) is 0 Å². The second-order valence-electron chi connectivity index (χ2n) is 4.64. The summed E-state index contributed by atoms with van der Waals surface area (Å²) in [6, 6.07) is 14.8. The highest BCUT2D eigenvalue weighted by Gasteiger charge is 2.08. The Labute approximate surface area is 124 Å². The number of anilines is 1. The van der Waals surface area contributed by atoms with Gasteiger partial charge in [-0.3, -0.25) is 4.79 Å². The van der Waals surface area contributed by atoms with Crippen molar-refractivity contribution in [3.63, 3.8) is 0 Å². The number of amides is 1. The van der Waals surface area contributed by atoms with Crippen LogP contribution in [0.15, 0.2) is 48.5 Å². The molecule has 0 fully saturated rings. The topological polar surface area (TPSA) is 49.3 Å². The molecule has 2 N–H and O–H groups in total. The van der Waals surface area contributed by atoms with Crippen LogP contribution in [0.3, 0.4) is 0 Å². The number of rotatable bonds is 3. The smallest absolute Gasteiger partial charge is 0.255 e. The Kier molecular flexibility index (Phi) is 5.14. The molecule has 2 rings (SSSR count). The molecule has 2 aromatic carbocycles. The van der Waals surface area contributed by atoms with Crippen molar-refractivity contribution in [2.75, 3.05) is 11.9 Å². The van der Waals surface area contributed by atoms with Crippen LogP contribution in [0, 0.1) is 18.8 Å². The lowest BCUT2D eigenvalue weighted by molar-refractivity contribution is 0.102. The summed E-state index contributed by atoms with van der Waals surface area (Å²) < 4.78 is 0. The van der Waals surface area contributed by atoms with Gasteiger partial charge in [-0.25, -0.2) is 0 Å². The van der Waals surface area contributed by atoms with E-state index in [0.29, 0.717) is 17.7 Å². The number of aliphatic hydroxyl groups excluding tert-OH is 1. The first kappa shape index (κ1) is 14.8. The van der Waals surface area contributed by atoms with Crippen LogP contribution in [-0.2, 0) is 0 Å². The van der Waals surface area contributed by atoms with Gasteiger partial charge in [0.2, 0.25) is 0 Å². The largest absolute Gasteiger partial charge is 0.395 e. The van der Waals surface area contributed by atoms with Gasteiger partial charge in [-0.05, 0) is 36.8 Å². The molecule has 0 radical (unpaired) electrons. The van der Waals surface area contributed by atoms with Crippen molar-refractivity contribution < 1.29 is 9.90 Å². The standard InChI is InChI=1S/C18H17NO2/c1-14-10-11-15(7-5-6-12-20)17(13-14)19-18(21)16-8-3-2-4-9-16/h2-4,8-11,13,20H,6,12H2,1H3,(H,19,21). The quantitative estimate of drug-likeness (QED) is 0.849. The fourth-order valence-electron chi connectivity index (χ4n) is 1.87. The maximum absolute atomic E-state index is 12.2. The normalized spacial score (nSPS) is 9.62. The number of aliphatic hydroxyl groups is 1. The van der Waals surface area contributed by atoms with Crippen molar-refractivity contribution in [2.45, 2.75) is 13.3 Å². The zero-order chi connectivity index (χ0) is 15.1. The molecule has 21 heavy (non-hydrogen) atoms. The molecule has 1 amide bonds. The van der Waals surface area contributed by atoms with Crippen LogP contribution in [-0.4, -0.2) is 17.6 Å². The summed E-state index contributed by atoms with van der Waals surface area (Å²) >= 11 is 0. The fourth-order valence-corrected chi connectivity index (χ4v) is 1.87. The van der Waals surface area contributed by atoms with E-state index in [2.05, 4.69) is 17.2 Å². The number of carbonyl (C=O) groups is 1. The number of hydrogen-bond donors (Lipinski definition) is 2. The molecule has 2 aromatic rings. The maximum Gasteiger partial charge on any atom is 0.255 e. The Morgan fingerprint density at radius 2 is 1.95 bits per heavy atom. The Hall–Kier alpha value is -2.57. The molecule has 0 spiro atoms. The fraction of sp³-hybridized carbons (Fsp3) is 0.167. The zero-order valence-electron chi connectivity index (χ0n) is 11.9. The highest BCUT2D eigenvalue weighted by Crippen LogP contribution is 2.18. The number of hydrogen-bond acceptors (Lipinski definition) is 2. The van der Waals surface area contributed by atoms with E-state index in [-0.39, 0.29) is 12.5 Å². The summed E-state index contributed by atoms with van der Waals surface area (Å²) in [5.41, 5.74) is 3.09. The Balaban J connectivity index is 2.25. The van der Waals surface area contributed by atoms with E-state index < -0.39 is 0 Å². The highest BCUT2D eigenvalue weighted by atomic mass is 16.2. The molecular formula is C18H17NO2. The average Bonchev–Trinajstić information content (AvgIpc) is 2.50. The van der Waals surface area contributed by atoms with Crippen molar-refractivity contribution >= 4 is 11.6 Å². The van der Waals surface area contributed by atoms with Crippen molar-refractivity contribution in [2.24, 2.45) is 0 Å². The molecule has 0 aromatic heterocycles. The van der Waals surface area contributed by atoms with Crippen LogP contribution < -0.4 is 5.32 Å². The molecular weight excluding hydrogens is 262 g/mol. The van der Waals surface area contributed by atoms with Crippen LogP contribution in [0.5, 0.6) is 0 Å². The van der Waals surface area contributed by atoms with Gasteiger partial charge >= 0.3 is 0 Å². The summed E-state index contributed by atoms with van der Waals surface area (Å²) in [6.45, 7) is 1.99. The van der Waals surface area contributed by atoms with Gasteiger partial charge in [-0.1, -0.05) is 36.1 Å². The molecule has 0 aliphatic heterocycles. The molecule has 0 aliphatic rings. The molecule has 0 aliphatic carbocycles. The van der Waals surface area contributed by atoms with E-state index in [0.717, 1.165) is 11.1 Å². The number of aryl methyl sites for hydroxylation is 1. The summed E-state index contributed by atoms with van der Waals surface area (Å²) in [6.07, 6.45) is 0.417. The van der Waals surface area contributed by atoms with E-state index in [1.54, 1.807) is 12.1 Å². The molecule has 0 unspecified atom stereocenters. The summed E-state index contributed by atoms with van der Waals surface area (Å²) in [4.78, 5) is 12.2. The van der Waals surface area contributed by atoms with Gasteiger partial charge < -0.3 is 10.4 Å². The van der Waals surface area contributed by atoms with Gasteiger partial charge in [0, 0.05) is 17.5 Å². The predicted molar refractivity (Wildman–Crippen MR) is 84.2 cm³/mol. The summed E-state index contributed by atoms with van der Waals surface area (Å²) in [5.74, 6) is 5.69. The van der Waals surface area contributed by atoms with E-state index in [1.165, 1.54) is 0 Å². The van der Waals surface area contributed by atoms with Crippen LogP contribution >= 0.6 is 0 Å². The maximum atomic E-state index is 12.2. The Bertz CT molecular complexity index is 681. The third kappa shape index (κ3) is 4.20. The molecule has 106 valence electrons. The minimum Gasteiger partial charge on any atom is -0.395 e. The summed E-state index contributed by atoms with van der Waals surface area (Å²) in [7, 11) is 0. The first-order chi connectivity index (χ1) is 10.2. The van der Waals surface area contributed by atoms with Crippen molar-refractivity contribution in [1.82, 2.24) is 0 Å². The van der Waals surface area contributed by atoms with Gasteiger partial charge in [0.1, 0.15) is 0 Å². The van der Waals surface area contributed by atoms with Gasteiger partial charge in [-0.15, -0.1) is 0 Å². The lowest BCUT2D eigenvalue weighted by Crippen LogP contribution is -2.12. The number of carbonyl (C=O) groups excluding carboxylic acids is 1. The predicted octanol–water partition coefficient (Wildman–Crippen LogP) is 2.98. The lowest BCUT2D eigenvalue weighted by atomic mass is 10.1. The molecule has 0 saturated carbocycles. The Morgan fingerprint density at radius 3 is 2.67 bits per heavy atom. The van der Waals surface area contributed by atoms with Gasteiger partial charge in [0.25, 0.3) is 5.91 Å². The van der Waals surface area contributed by atoms with Gasteiger partial charge in [0.05, 0.1) is 12.3 Å². The molecule has 3 heteroatoms. The molecule has 0 atom stereocenters. The van der Waals surface area contributed by atoms with E-state index in [9.17, 15) is 4.79 Å². The lowest BCUT2D eigenvalue weighted by Gasteiger charge is -2.08. The highest BCUT2D eigenvalue weighted by molar-refractivity contribution is 6.04. The van der Waals surface area contributed by atoms with Crippen LogP contribution in [0.25, 0.3) is 0 Å². The molecule has 0 bridgehead atoms. The minimum atomic E-state index is -0.161. The summed E-state index contributed by atoms with van der Waals surface area (Å²) in [5, 5.41) is 11.7. The van der Waals surface area contributed by atoms with Gasteiger partial charge in [0.15, 0.2) is 0 Å². The monoisotopic (exact) mass is 279 g/mol. The third-order valence-corrected chi connectivity index (χ3v) is 2.92. The number of nitrogens with one attached hydrogen (secondary N) is 1. The van der Waals surface area contributed by atoms with E-state index >= 15 is 0 Å². The van der Waals surface area contributed by atoms with Crippen LogP contribution in [0.4, 0.5) is 5.69 Å². The minimum absolute atomic E-state index is 0.0323. The van der Waals surface area contributed by atoms with Crippen molar-refractivity contribution in [3.8, 4) is 11.8 Å². The first-order valence-electron chi connectivity index (χ1n) is 6.77. The third-order valence-electron chi connectivity index (χ3n) is 2.92. The average molecular weight is 279 g/mol. The first-order valence-corrected chi connectivity index (χ1v) is 6.77. The molecule has 0 saturated heterocycles. The SMILES string of the molecule is Cc1ccc(C#CCCO)c(NC(=O)c2ccccc2)c1.